The van der Waals surface area contributed by atoms with Crippen LogP contribution >= 0.6 is 0 Å². The van der Waals surface area contributed by atoms with E-state index >= 15 is 0 Å². The fourth-order valence-corrected chi connectivity index (χ4v) is 9.48. The standard InChI is InChI=1S/C30H46O4/c1-5-23-27(31-23)13-17(1)9-21(10-18-2-6-24-28(14-18)32-24)22(11-19-3-7-25-29(15-19)33-25)12-20-4-8-26-30(16-20)34-26/h17-30H,1-16H2. The summed E-state index contributed by atoms with van der Waals surface area (Å²) in [6.45, 7) is 0. The minimum Gasteiger partial charge on any atom is -0.370 e. The van der Waals surface area contributed by atoms with E-state index in [0.29, 0.717) is 48.8 Å². The largest absolute Gasteiger partial charge is 0.370 e. The molecular formula is C30H46O4. The van der Waals surface area contributed by atoms with Gasteiger partial charge in [0.2, 0.25) is 0 Å². The van der Waals surface area contributed by atoms with Crippen LogP contribution in [0.15, 0.2) is 0 Å². The van der Waals surface area contributed by atoms with Crippen LogP contribution in [0.25, 0.3) is 0 Å². The van der Waals surface area contributed by atoms with E-state index in [2.05, 4.69) is 0 Å². The van der Waals surface area contributed by atoms with Crippen LogP contribution in [0, 0.1) is 35.5 Å². The van der Waals surface area contributed by atoms with Crippen molar-refractivity contribution in [3.63, 3.8) is 0 Å². The summed E-state index contributed by atoms with van der Waals surface area (Å²) < 4.78 is 23.8. The van der Waals surface area contributed by atoms with Crippen LogP contribution in [0.5, 0.6) is 0 Å². The van der Waals surface area contributed by atoms with Crippen LogP contribution in [0.4, 0.5) is 0 Å². The Bertz CT molecular complexity index is 634. The van der Waals surface area contributed by atoms with Gasteiger partial charge in [0, 0.05) is 0 Å². The highest BCUT2D eigenvalue weighted by Gasteiger charge is 2.49. The van der Waals surface area contributed by atoms with Gasteiger partial charge in [-0.2, -0.15) is 0 Å². The second kappa shape index (κ2) is 8.71. The molecule has 8 fully saturated rings. The molecule has 0 aromatic carbocycles. The van der Waals surface area contributed by atoms with Crippen molar-refractivity contribution < 1.29 is 18.9 Å². The maximum Gasteiger partial charge on any atom is 0.0844 e. The van der Waals surface area contributed by atoms with Gasteiger partial charge in [0.25, 0.3) is 0 Å². The van der Waals surface area contributed by atoms with Crippen LogP contribution in [-0.4, -0.2) is 48.8 Å². The topological polar surface area (TPSA) is 50.1 Å². The predicted octanol–water partition coefficient (Wildman–Crippen LogP) is 6.05. The molecule has 4 aliphatic heterocycles. The molecule has 0 bridgehead atoms. The quantitative estimate of drug-likeness (QED) is 0.385. The fraction of sp³-hybridized carbons (Fsp3) is 1.00. The molecule has 8 aliphatic rings. The highest BCUT2D eigenvalue weighted by Crippen LogP contribution is 2.51. The van der Waals surface area contributed by atoms with Crippen molar-refractivity contribution in [2.75, 3.05) is 0 Å². The fourth-order valence-electron chi connectivity index (χ4n) is 9.48. The van der Waals surface area contributed by atoms with Crippen molar-refractivity contribution in [1.29, 1.82) is 0 Å². The molecule has 0 N–H and O–H groups in total. The van der Waals surface area contributed by atoms with Crippen LogP contribution < -0.4 is 0 Å². The number of fused-ring (bicyclic) bond motifs is 4. The van der Waals surface area contributed by atoms with E-state index in [0.717, 1.165) is 35.5 Å². The van der Waals surface area contributed by atoms with Crippen LogP contribution in [0.3, 0.4) is 0 Å². The molecule has 4 aliphatic carbocycles. The van der Waals surface area contributed by atoms with E-state index in [9.17, 15) is 0 Å². The van der Waals surface area contributed by atoms with E-state index in [1.807, 2.05) is 0 Å². The molecule has 0 spiro atoms. The summed E-state index contributed by atoms with van der Waals surface area (Å²) in [4.78, 5) is 0. The minimum absolute atomic E-state index is 0.623. The van der Waals surface area contributed by atoms with Crippen LogP contribution in [-0.2, 0) is 18.9 Å². The summed E-state index contributed by atoms with van der Waals surface area (Å²) >= 11 is 0. The Hall–Kier alpha value is -0.160. The number of hydrogen-bond donors (Lipinski definition) is 0. The lowest BCUT2D eigenvalue weighted by Crippen LogP contribution is -2.30. The smallest absolute Gasteiger partial charge is 0.0844 e. The van der Waals surface area contributed by atoms with Crippen molar-refractivity contribution in [3.8, 4) is 0 Å². The van der Waals surface area contributed by atoms with Crippen molar-refractivity contribution in [3.05, 3.63) is 0 Å². The van der Waals surface area contributed by atoms with Crippen molar-refractivity contribution in [2.24, 2.45) is 35.5 Å². The van der Waals surface area contributed by atoms with Crippen molar-refractivity contribution >= 4 is 0 Å². The predicted molar refractivity (Wildman–Crippen MR) is 129 cm³/mol. The Balaban J connectivity index is 0.994. The van der Waals surface area contributed by atoms with Gasteiger partial charge in [-0.15, -0.1) is 0 Å². The van der Waals surface area contributed by atoms with E-state index in [1.165, 1.54) is 103 Å². The average molecular weight is 471 g/mol. The Morgan fingerprint density at radius 3 is 0.853 bits per heavy atom. The number of rotatable bonds is 9. The molecule has 34 heavy (non-hydrogen) atoms. The van der Waals surface area contributed by atoms with Gasteiger partial charge in [-0.1, -0.05) is 0 Å². The van der Waals surface area contributed by atoms with E-state index in [1.54, 1.807) is 0 Å². The molecule has 8 rings (SSSR count). The van der Waals surface area contributed by atoms with Crippen LogP contribution in [0.2, 0.25) is 0 Å². The molecular weight excluding hydrogens is 424 g/mol. The van der Waals surface area contributed by atoms with E-state index in [4.69, 9.17) is 18.9 Å². The second-order valence-corrected chi connectivity index (χ2v) is 14.0. The maximum atomic E-state index is 5.95. The third kappa shape index (κ3) is 4.75. The van der Waals surface area contributed by atoms with E-state index < -0.39 is 0 Å². The maximum absolute atomic E-state index is 5.95. The number of ether oxygens (including phenoxy) is 4. The molecule has 12 unspecified atom stereocenters. The summed E-state index contributed by atoms with van der Waals surface area (Å²) in [5.74, 6) is 5.47. The molecule has 4 heteroatoms. The van der Waals surface area contributed by atoms with Gasteiger partial charge in [-0.3, -0.25) is 0 Å². The molecule has 0 radical (unpaired) electrons. The average Bonchev–Trinajstić information content (AvgIpc) is 3.69. The molecule has 0 amide bonds. The third-order valence-corrected chi connectivity index (χ3v) is 11.7. The van der Waals surface area contributed by atoms with Gasteiger partial charge >= 0.3 is 0 Å². The van der Waals surface area contributed by atoms with Gasteiger partial charge in [0.15, 0.2) is 0 Å². The molecule has 4 saturated heterocycles. The number of epoxide rings is 4. The van der Waals surface area contributed by atoms with Gasteiger partial charge in [-0.25, -0.2) is 0 Å². The van der Waals surface area contributed by atoms with Gasteiger partial charge < -0.3 is 18.9 Å². The summed E-state index contributed by atoms with van der Waals surface area (Å²) in [6.07, 6.45) is 27.4. The SMILES string of the molecule is C1CC2OC2CC1CC(CC1CCC2OC2C1)C(CC1CCC2OC2C1)CC1CCC2OC2C1. The highest BCUT2D eigenvalue weighted by atomic mass is 16.6. The lowest BCUT2D eigenvalue weighted by molar-refractivity contribution is 0.128. The molecule has 190 valence electrons. The summed E-state index contributed by atoms with van der Waals surface area (Å²) in [5.41, 5.74) is 0. The molecule has 0 aromatic heterocycles. The summed E-state index contributed by atoms with van der Waals surface area (Å²) in [7, 11) is 0. The van der Waals surface area contributed by atoms with Gasteiger partial charge in [0.05, 0.1) is 48.8 Å². The summed E-state index contributed by atoms with van der Waals surface area (Å²) in [5, 5.41) is 0. The Labute approximate surface area is 206 Å². The molecule has 0 aromatic rings. The first-order chi connectivity index (χ1) is 16.7. The Morgan fingerprint density at radius 2 is 0.618 bits per heavy atom. The highest BCUT2D eigenvalue weighted by molar-refractivity contribution is 4.98. The molecule has 4 nitrogen and oxygen atoms in total. The zero-order chi connectivity index (χ0) is 22.2. The third-order valence-electron chi connectivity index (χ3n) is 11.7. The summed E-state index contributed by atoms with van der Waals surface area (Å²) in [6, 6.07) is 0. The Kier molecular flexibility index (Phi) is 5.60. The molecule has 4 heterocycles. The van der Waals surface area contributed by atoms with E-state index in [-0.39, 0.29) is 0 Å². The first-order valence-electron chi connectivity index (χ1n) is 15.4. The van der Waals surface area contributed by atoms with Crippen molar-refractivity contribution in [2.45, 2.75) is 152 Å². The van der Waals surface area contributed by atoms with Crippen LogP contribution in [0.1, 0.15) is 103 Å². The second-order valence-electron chi connectivity index (χ2n) is 14.0. The van der Waals surface area contributed by atoms with Crippen molar-refractivity contribution in [1.82, 2.24) is 0 Å². The first kappa shape index (κ1) is 21.9. The first-order valence-corrected chi connectivity index (χ1v) is 15.4. The minimum atomic E-state index is 0.623. The lowest BCUT2D eigenvalue weighted by atomic mass is 9.66. The molecule has 12 atom stereocenters. The zero-order valence-corrected chi connectivity index (χ0v) is 21.0. The Morgan fingerprint density at radius 1 is 0.353 bits per heavy atom. The normalized spacial score (nSPS) is 54.0. The number of hydrogen-bond acceptors (Lipinski definition) is 4. The molecule has 4 saturated carbocycles. The van der Waals surface area contributed by atoms with Gasteiger partial charge in [-0.05, 0) is 138 Å². The van der Waals surface area contributed by atoms with Gasteiger partial charge in [0.1, 0.15) is 0 Å². The zero-order valence-electron chi connectivity index (χ0n) is 21.0. The lowest BCUT2D eigenvalue weighted by Gasteiger charge is -2.38. The monoisotopic (exact) mass is 470 g/mol.